The van der Waals surface area contributed by atoms with Gasteiger partial charge in [0, 0.05) is 16.5 Å². The molecule has 0 amide bonds. The topological polar surface area (TPSA) is 17.1 Å². The molecular weight excluding hydrogens is 303 g/mol. The molecule has 0 unspecified atom stereocenters. The van der Waals surface area contributed by atoms with Crippen LogP contribution in [0.3, 0.4) is 0 Å². The summed E-state index contributed by atoms with van der Waals surface area (Å²) >= 11 is 6.34. The Bertz CT molecular complexity index is 401. The number of hydrogen-bond donors (Lipinski definition) is 0. The van der Waals surface area contributed by atoms with Crippen molar-refractivity contribution < 1.29 is 9.18 Å². The van der Waals surface area contributed by atoms with E-state index < -0.39 is 0 Å². The fraction of sp³-hybridized carbons (Fsp3) is 0.222. The average Bonchev–Trinajstić information content (AvgIpc) is 2.44. The molecule has 1 nitrogen and oxygen atoms in total. The Balaban J connectivity index is 2.77. The van der Waals surface area contributed by atoms with Crippen LogP contribution in [-0.4, -0.2) is 5.78 Å². The van der Waals surface area contributed by atoms with E-state index in [9.17, 15) is 9.18 Å². The van der Waals surface area contributed by atoms with Crippen molar-refractivity contribution in [2.24, 2.45) is 0 Å². The molecule has 0 atom stereocenters. The second-order valence-corrected chi connectivity index (χ2v) is 4.58. The molecule has 0 aliphatic heterocycles. The van der Waals surface area contributed by atoms with Gasteiger partial charge in [0.05, 0.1) is 4.47 Å². The van der Waals surface area contributed by atoms with E-state index in [1.165, 1.54) is 6.07 Å². The SMILES string of the molecule is O=C1CCc2c(Br)cc(F)c(Br)c21. The van der Waals surface area contributed by atoms with E-state index >= 15 is 0 Å². The summed E-state index contributed by atoms with van der Waals surface area (Å²) in [6.07, 6.45) is 1.18. The first-order chi connectivity index (χ1) is 6.11. The maximum absolute atomic E-state index is 13.2. The Morgan fingerprint density at radius 1 is 1.31 bits per heavy atom. The third-order valence-corrected chi connectivity index (χ3v) is 3.64. The number of benzene rings is 1. The first-order valence-corrected chi connectivity index (χ1v) is 5.39. The van der Waals surface area contributed by atoms with Gasteiger partial charge in [0.15, 0.2) is 5.78 Å². The van der Waals surface area contributed by atoms with Gasteiger partial charge in [-0.25, -0.2) is 4.39 Å². The highest BCUT2D eigenvalue weighted by atomic mass is 79.9. The smallest absolute Gasteiger partial charge is 0.164 e. The molecule has 2 rings (SSSR count). The minimum absolute atomic E-state index is 0.0158. The van der Waals surface area contributed by atoms with Crippen molar-refractivity contribution in [2.75, 3.05) is 0 Å². The van der Waals surface area contributed by atoms with Gasteiger partial charge in [-0.1, -0.05) is 15.9 Å². The molecule has 0 spiro atoms. The van der Waals surface area contributed by atoms with E-state index in [-0.39, 0.29) is 11.6 Å². The lowest BCUT2D eigenvalue weighted by Gasteiger charge is -2.04. The summed E-state index contributed by atoms with van der Waals surface area (Å²) in [6, 6.07) is 1.39. The summed E-state index contributed by atoms with van der Waals surface area (Å²) in [4.78, 5) is 11.4. The lowest BCUT2D eigenvalue weighted by atomic mass is 10.1. The quantitative estimate of drug-likeness (QED) is 0.671. The van der Waals surface area contributed by atoms with Crippen molar-refractivity contribution >= 4 is 37.6 Å². The largest absolute Gasteiger partial charge is 0.294 e. The number of carbonyl (C=O) groups excluding carboxylic acids is 1. The molecule has 13 heavy (non-hydrogen) atoms. The number of carbonyl (C=O) groups is 1. The second kappa shape index (κ2) is 3.17. The van der Waals surface area contributed by atoms with Gasteiger partial charge in [0.1, 0.15) is 5.82 Å². The molecule has 0 fully saturated rings. The van der Waals surface area contributed by atoms with Crippen molar-refractivity contribution in [3.8, 4) is 0 Å². The highest BCUT2D eigenvalue weighted by molar-refractivity contribution is 9.11. The summed E-state index contributed by atoms with van der Waals surface area (Å²) in [5.41, 5.74) is 1.42. The fourth-order valence-electron chi connectivity index (χ4n) is 1.53. The van der Waals surface area contributed by atoms with Gasteiger partial charge in [0.2, 0.25) is 0 Å². The molecule has 0 saturated carbocycles. The molecule has 1 aliphatic carbocycles. The van der Waals surface area contributed by atoms with Gasteiger partial charge >= 0.3 is 0 Å². The van der Waals surface area contributed by atoms with Gasteiger partial charge in [-0.15, -0.1) is 0 Å². The van der Waals surface area contributed by atoms with Crippen LogP contribution in [0.2, 0.25) is 0 Å². The molecule has 0 radical (unpaired) electrons. The molecule has 1 aromatic carbocycles. The lowest BCUT2D eigenvalue weighted by Crippen LogP contribution is -1.96. The standard InChI is InChI=1S/C9H5Br2FO/c10-5-3-6(12)9(11)8-4(5)1-2-7(8)13/h3H,1-2H2. The lowest BCUT2D eigenvalue weighted by molar-refractivity contribution is 0.0993. The number of rotatable bonds is 0. The van der Waals surface area contributed by atoms with E-state index in [4.69, 9.17) is 0 Å². The van der Waals surface area contributed by atoms with E-state index in [1.807, 2.05) is 0 Å². The van der Waals surface area contributed by atoms with Crippen molar-refractivity contribution in [1.82, 2.24) is 0 Å². The summed E-state index contributed by atoms with van der Waals surface area (Å²) in [5, 5.41) is 0. The van der Waals surface area contributed by atoms with Crippen molar-refractivity contribution in [3.05, 3.63) is 32.0 Å². The Morgan fingerprint density at radius 2 is 2.00 bits per heavy atom. The zero-order valence-corrected chi connectivity index (χ0v) is 9.71. The van der Waals surface area contributed by atoms with E-state index in [2.05, 4.69) is 31.9 Å². The minimum atomic E-state index is -0.388. The second-order valence-electron chi connectivity index (χ2n) is 2.93. The van der Waals surface area contributed by atoms with Gasteiger partial charge < -0.3 is 0 Å². The first-order valence-electron chi connectivity index (χ1n) is 3.81. The molecule has 0 N–H and O–H groups in total. The van der Waals surface area contributed by atoms with Crippen LogP contribution in [0, 0.1) is 5.82 Å². The molecule has 0 heterocycles. The van der Waals surface area contributed by atoms with Crippen LogP contribution in [0.5, 0.6) is 0 Å². The van der Waals surface area contributed by atoms with E-state index in [0.717, 1.165) is 5.56 Å². The number of hydrogen-bond acceptors (Lipinski definition) is 1. The average molecular weight is 308 g/mol. The normalized spacial score (nSPS) is 14.8. The van der Waals surface area contributed by atoms with Crippen LogP contribution < -0.4 is 0 Å². The van der Waals surface area contributed by atoms with Crippen molar-refractivity contribution in [2.45, 2.75) is 12.8 Å². The highest BCUT2D eigenvalue weighted by Crippen LogP contribution is 2.36. The van der Waals surface area contributed by atoms with E-state index in [1.54, 1.807) is 0 Å². The van der Waals surface area contributed by atoms with Gasteiger partial charge in [0.25, 0.3) is 0 Å². The predicted octanol–water partition coefficient (Wildman–Crippen LogP) is 3.48. The summed E-state index contributed by atoms with van der Waals surface area (Å²) in [6.45, 7) is 0. The van der Waals surface area contributed by atoms with Gasteiger partial charge in [-0.2, -0.15) is 0 Å². The Hall–Kier alpha value is -0.220. The molecule has 4 heteroatoms. The molecular formula is C9H5Br2FO. The maximum Gasteiger partial charge on any atom is 0.164 e. The molecule has 68 valence electrons. The molecule has 0 saturated heterocycles. The van der Waals surface area contributed by atoms with Crippen LogP contribution >= 0.6 is 31.9 Å². The third-order valence-electron chi connectivity index (χ3n) is 2.15. The Kier molecular flexibility index (Phi) is 2.28. The molecule has 0 aromatic heterocycles. The van der Waals surface area contributed by atoms with Crippen LogP contribution in [-0.2, 0) is 6.42 Å². The van der Waals surface area contributed by atoms with Crippen LogP contribution in [0.1, 0.15) is 22.3 Å². The van der Waals surface area contributed by atoms with Gasteiger partial charge in [-0.05, 0) is 34.0 Å². The van der Waals surface area contributed by atoms with Crippen LogP contribution in [0.15, 0.2) is 15.0 Å². The van der Waals surface area contributed by atoms with Crippen LogP contribution in [0.25, 0.3) is 0 Å². The Labute approximate surface area is 91.6 Å². The predicted molar refractivity (Wildman–Crippen MR) is 54.5 cm³/mol. The number of ketones is 1. The zero-order valence-electron chi connectivity index (χ0n) is 6.53. The fourth-order valence-corrected chi connectivity index (χ4v) is 2.70. The summed E-state index contributed by atoms with van der Waals surface area (Å²) < 4.78 is 14.2. The number of halogens is 3. The number of fused-ring (bicyclic) bond motifs is 1. The highest BCUT2D eigenvalue weighted by Gasteiger charge is 2.26. The van der Waals surface area contributed by atoms with Crippen molar-refractivity contribution in [1.29, 1.82) is 0 Å². The number of Topliss-reactive ketones (excluding diaryl/α,β-unsaturated/α-hetero) is 1. The molecule has 0 bridgehead atoms. The van der Waals surface area contributed by atoms with Crippen molar-refractivity contribution in [3.63, 3.8) is 0 Å². The molecule has 1 aliphatic rings. The third kappa shape index (κ3) is 1.36. The maximum atomic E-state index is 13.2. The van der Waals surface area contributed by atoms with E-state index in [0.29, 0.717) is 27.4 Å². The molecule has 1 aromatic rings. The Morgan fingerprint density at radius 3 is 2.69 bits per heavy atom. The van der Waals surface area contributed by atoms with Crippen LogP contribution in [0.4, 0.5) is 4.39 Å². The summed E-state index contributed by atoms with van der Waals surface area (Å²) in [5.74, 6) is -0.372. The van der Waals surface area contributed by atoms with Gasteiger partial charge in [-0.3, -0.25) is 4.79 Å². The summed E-state index contributed by atoms with van der Waals surface area (Å²) in [7, 11) is 0. The minimum Gasteiger partial charge on any atom is -0.294 e. The zero-order chi connectivity index (χ0) is 9.59. The monoisotopic (exact) mass is 306 g/mol. The first kappa shape index (κ1) is 9.34.